The first-order valence-corrected chi connectivity index (χ1v) is 12.6. The van der Waals surface area contributed by atoms with Crippen molar-refractivity contribution in [2.45, 2.75) is 49.8 Å². The molecule has 0 radical (unpaired) electrons. The maximum atomic E-state index is 13.4. The van der Waals surface area contributed by atoms with Gasteiger partial charge in [-0.2, -0.15) is 4.31 Å². The summed E-state index contributed by atoms with van der Waals surface area (Å²) < 4.78 is 27.9. The highest BCUT2D eigenvalue weighted by Gasteiger charge is 2.38. The quantitative estimate of drug-likeness (QED) is 0.730. The van der Waals surface area contributed by atoms with Crippen LogP contribution in [-0.4, -0.2) is 43.2 Å². The maximum absolute atomic E-state index is 13.4. The van der Waals surface area contributed by atoms with Crippen LogP contribution in [0.1, 0.15) is 47.7 Å². The third kappa shape index (κ3) is 4.13. The van der Waals surface area contributed by atoms with E-state index >= 15 is 0 Å². The molecule has 0 saturated carbocycles. The summed E-state index contributed by atoms with van der Waals surface area (Å²) in [7, 11) is -3.52. The van der Waals surface area contributed by atoms with Crippen molar-refractivity contribution in [2.75, 3.05) is 19.6 Å². The number of carbonyl (C=O) groups is 1. The molecule has 0 aliphatic carbocycles. The zero-order chi connectivity index (χ0) is 20.6. The van der Waals surface area contributed by atoms with E-state index < -0.39 is 10.0 Å². The van der Waals surface area contributed by atoms with Gasteiger partial charge in [0.2, 0.25) is 5.91 Å². The van der Waals surface area contributed by atoms with E-state index in [4.69, 9.17) is 0 Å². The van der Waals surface area contributed by atoms with Crippen LogP contribution in [0, 0.1) is 19.8 Å². The van der Waals surface area contributed by atoms with Crippen LogP contribution in [0.25, 0.3) is 0 Å². The SMILES string of the molecule is Cc1ccc(C2CCCN2C(=O)C2CCCN(S(=O)(=O)c3ccc(C)s3)C2)cc1. The van der Waals surface area contributed by atoms with Gasteiger partial charge in [0.05, 0.1) is 12.0 Å². The topological polar surface area (TPSA) is 57.7 Å². The van der Waals surface area contributed by atoms with Crippen LogP contribution in [0.4, 0.5) is 0 Å². The number of carbonyl (C=O) groups excluding carboxylic acids is 1. The van der Waals surface area contributed by atoms with Gasteiger partial charge in [0.1, 0.15) is 4.21 Å². The van der Waals surface area contributed by atoms with Gasteiger partial charge in [-0.15, -0.1) is 11.3 Å². The van der Waals surface area contributed by atoms with E-state index in [2.05, 4.69) is 31.2 Å². The summed E-state index contributed by atoms with van der Waals surface area (Å²) >= 11 is 1.30. The predicted octanol–water partition coefficient (Wildman–Crippen LogP) is 4.13. The van der Waals surface area contributed by atoms with E-state index in [0.717, 1.165) is 37.1 Å². The van der Waals surface area contributed by atoms with Gasteiger partial charge >= 0.3 is 0 Å². The average Bonchev–Trinajstić information content (AvgIpc) is 3.38. The summed E-state index contributed by atoms with van der Waals surface area (Å²) in [5.41, 5.74) is 2.39. The largest absolute Gasteiger partial charge is 0.335 e. The van der Waals surface area contributed by atoms with Gasteiger partial charge in [-0.05, 0) is 57.2 Å². The Labute approximate surface area is 177 Å². The molecule has 5 nitrogen and oxygen atoms in total. The van der Waals surface area contributed by atoms with Gasteiger partial charge in [0, 0.05) is 24.5 Å². The molecule has 0 bridgehead atoms. The van der Waals surface area contributed by atoms with Gasteiger partial charge in [0.25, 0.3) is 10.0 Å². The molecule has 1 aromatic carbocycles. The smallest absolute Gasteiger partial charge is 0.252 e. The van der Waals surface area contributed by atoms with Crippen molar-refractivity contribution in [2.24, 2.45) is 5.92 Å². The number of amides is 1. The first-order chi connectivity index (χ1) is 13.9. The fourth-order valence-electron chi connectivity index (χ4n) is 4.44. The van der Waals surface area contributed by atoms with E-state index in [1.54, 1.807) is 6.07 Å². The van der Waals surface area contributed by atoms with Crippen LogP contribution >= 0.6 is 11.3 Å². The first kappa shape index (κ1) is 20.6. The number of likely N-dealkylation sites (tertiary alicyclic amines) is 1. The van der Waals surface area contributed by atoms with Gasteiger partial charge in [-0.25, -0.2) is 8.42 Å². The molecule has 2 unspecified atom stereocenters. The Morgan fingerprint density at radius 3 is 2.41 bits per heavy atom. The highest BCUT2D eigenvalue weighted by atomic mass is 32.2. The predicted molar refractivity (Wildman–Crippen MR) is 115 cm³/mol. The summed E-state index contributed by atoms with van der Waals surface area (Å²) in [6.07, 6.45) is 3.44. The minimum Gasteiger partial charge on any atom is -0.335 e. The molecule has 0 spiro atoms. The number of hydrogen-bond donors (Lipinski definition) is 0. The number of nitrogens with zero attached hydrogens (tertiary/aromatic N) is 2. The van der Waals surface area contributed by atoms with E-state index in [0.29, 0.717) is 10.8 Å². The standard InChI is InChI=1S/C22H28N2O3S2/c1-16-7-10-18(11-8-16)20-6-4-14-24(20)22(25)19-5-3-13-23(15-19)29(26,27)21-12-9-17(2)28-21/h7-12,19-20H,3-6,13-15H2,1-2H3. The van der Waals surface area contributed by atoms with E-state index in [1.807, 2.05) is 17.9 Å². The van der Waals surface area contributed by atoms with Crippen LogP contribution < -0.4 is 0 Å². The first-order valence-electron chi connectivity index (χ1n) is 10.3. The Kier molecular flexibility index (Phi) is 5.82. The van der Waals surface area contributed by atoms with Gasteiger partial charge in [0.15, 0.2) is 0 Å². The molecular weight excluding hydrogens is 404 g/mol. The Bertz CT molecular complexity index is 982. The minimum atomic E-state index is -3.52. The molecule has 1 amide bonds. The highest BCUT2D eigenvalue weighted by Crippen LogP contribution is 2.35. The molecular formula is C22H28N2O3S2. The molecule has 29 heavy (non-hydrogen) atoms. The molecule has 4 rings (SSSR count). The van der Waals surface area contributed by atoms with Gasteiger partial charge in [-0.1, -0.05) is 29.8 Å². The molecule has 156 valence electrons. The number of piperidine rings is 1. The second-order valence-electron chi connectivity index (χ2n) is 8.17. The van der Waals surface area contributed by atoms with Crippen LogP contribution in [0.5, 0.6) is 0 Å². The van der Waals surface area contributed by atoms with Crippen molar-refractivity contribution < 1.29 is 13.2 Å². The second-order valence-corrected chi connectivity index (χ2v) is 11.6. The van der Waals surface area contributed by atoms with Crippen LogP contribution in [0.3, 0.4) is 0 Å². The Hall–Kier alpha value is -1.70. The Morgan fingerprint density at radius 2 is 1.72 bits per heavy atom. The molecule has 2 aliphatic rings. The molecule has 2 aliphatic heterocycles. The molecule has 2 saturated heterocycles. The summed E-state index contributed by atoms with van der Waals surface area (Å²) in [6.45, 7) is 5.50. The van der Waals surface area contributed by atoms with Crippen molar-refractivity contribution in [3.63, 3.8) is 0 Å². The normalized spacial score (nSPS) is 23.4. The molecule has 3 heterocycles. The summed E-state index contributed by atoms with van der Waals surface area (Å²) in [6, 6.07) is 12.0. The number of aryl methyl sites for hydroxylation is 2. The zero-order valence-electron chi connectivity index (χ0n) is 17.0. The fourth-order valence-corrected chi connectivity index (χ4v) is 7.40. The van der Waals surface area contributed by atoms with Gasteiger partial charge in [-0.3, -0.25) is 4.79 Å². The molecule has 2 aromatic rings. The van der Waals surface area contributed by atoms with Crippen molar-refractivity contribution in [1.82, 2.24) is 9.21 Å². The van der Waals surface area contributed by atoms with Gasteiger partial charge < -0.3 is 4.90 Å². The number of thiophene rings is 1. The lowest BCUT2D eigenvalue weighted by atomic mass is 9.96. The lowest BCUT2D eigenvalue weighted by Crippen LogP contribution is -2.46. The summed E-state index contributed by atoms with van der Waals surface area (Å²) in [4.78, 5) is 16.3. The number of rotatable bonds is 4. The second kappa shape index (κ2) is 8.20. The van der Waals surface area contributed by atoms with E-state index in [1.165, 1.54) is 26.8 Å². The number of sulfonamides is 1. The van der Waals surface area contributed by atoms with Crippen molar-refractivity contribution >= 4 is 27.3 Å². The van der Waals surface area contributed by atoms with E-state index in [-0.39, 0.29) is 24.4 Å². The third-order valence-electron chi connectivity index (χ3n) is 6.04. The molecule has 1 aromatic heterocycles. The average molecular weight is 433 g/mol. The molecule has 7 heteroatoms. The van der Waals surface area contributed by atoms with Crippen molar-refractivity contribution in [1.29, 1.82) is 0 Å². The lowest BCUT2D eigenvalue weighted by molar-refractivity contribution is -0.137. The van der Waals surface area contributed by atoms with Crippen molar-refractivity contribution in [3.05, 3.63) is 52.4 Å². The summed E-state index contributed by atoms with van der Waals surface area (Å²) in [5, 5.41) is 0. The number of benzene rings is 1. The monoisotopic (exact) mass is 432 g/mol. The van der Waals surface area contributed by atoms with Crippen LogP contribution in [0.15, 0.2) is 40.6 Å². The molecule has 0 N–H and O–H groups in total. The summed E-state index contributed by atoms with van der Waals surface area (Å²) in [5.74, 6) is -0.152. The molecule has 2 fully saturated rings. The fraction of sp³-hybridized carbons (Fsp3) is 0.500. The van der Waals surface area contributed by atoms with Crippen LogP contribution in [-0.2, 0) is 14.8 Å². The maximum Gasteiger partial charge on any atom is 0.252 e. The Balaban J connectivity index is 1.50. The van der Waals surface area contributed by atoms with Crippen molar-refractivity contribution in [3.8, 4) is 0 Å². The minimum absolute atomic E-state index is 0.107. The highest BCUT2D eigenvalue weighted by molar-refractivity contribution is 7.91. The molecule has 2 atom stereocenters. The lowest BCUT2D eigenvalue weighted by Gasteiger charge is -2.35. The van der Waals surface area contributed by atoms with E-state index in [9.17, 15) is 13.2 Å². The van der Waals surface area contributed by atoms with Crippen LogP contribution in [0.2, 0.25) is 0 Å². The third-order valence-corrected chi connectivity index (χ3v) is 9.37. The number of hydrogen-bond acceptors (Lipinski definition) is 4. The zero-order valence-corrected chi connectivity index (χ0v) is 18.6. The Morgan fingerprint density at radius 1 is 1.00 bits per heavy atom.